The largest absolute Gasteiger partial charge is 0.309 e. The van der Waals surface area contributed by atoms with E-state index in [4.69, 9.17) is 0 Å². The summed E-state index contributed by atoms with van der Waals surface area (Å²) in [6, 6.07) is 39.4. The van der Waals surface area contributed by atoms with Crippen LogP contribution in [0.3, 0.4) is 0 Å². The van der Waals surface area contributed by atoms with Gasteiger partial charge in [0.2, 0.25) is 0 Å². The van der Waals surface area contributed by atoms with Crippen LogP contribution in [0.2, 0.25) is 0 Å². The molecule has 0 saturated carbocycles. The maximum Gasteiger partial charge on any atom is 0.0992 e. The number of nitrogens with zero attached hydrogens (tertiary/aromatic N) is 2. The summed E-state index contributed by atoms with van der Waals surface area (Å²) in [6.45, 7) is 4.76. The molecule has 5 aromatic carbocycles. The topological polar surface area (TPSA) is 28.7 Å². The molecule has 0 unspecified atom stereocenters. The predicted molar refractivity (Wildman–Crippen MR) is 181 cm³/mol. The molecule has 0 spiro atoms. The fourth-order valence-corrected chi connectivity index (χ4v) is 9.25. The zero-order chi connectivity index (χ0) is 28.9. The first-order valence-electron chi connectivity index (χ1n) is 15.0. The molecule has 3 heteroatoms. The molecular weight excluding hydrogens is 541 g/mol. The minimum Gasteiger partial charge on any atom is -0.309 e. The normalized spacial score (nSPS) is 14.9. The van der Waals surface area contributed by atoms with Crippen LogP contribution in [0, 0.1) is 11.3 Å². The maximum atomic E-state index is 9.92. The van der Waals surface area contributed by atoms with Gasteiger partial charge in [-0.15, -0.1) is 11.3 Å². The molecular formula is C40H28N2S. The first kappa shape index (κ1) is 24.7. The van der Waals surface area contributed by atoms with E-state index in [1.54, 1.807) is 0 Å². The molecule has 0 radical (unpaired) electrons. The Bertz CT molecular complexity index is 2330. The van der Waals surface area contributed by atoms with E-state index >= 15 is 0 Å². The molecule has 43 heavy (non-hydrogen) atoms. The Kier molecular flexibility index (Phi) is 5.05. The highest BCUT2D eigenvalue weighted by atomic mass is 32.1. The van der Waals surface area contributed by atoms with E-state index in [0.717, 1.165) is 29.6 Å². The van der Waals surface area contributed by atoms with Crippen molar-refractivity contribution in [3.8, 4) is 22.9 Å². The van der Waals surface area contributed by atoms with Gasteiger partial charge in [0.15, 0.2) is 0 Å². The molecule has 9 rings (SSSR count). The average molecular weight is 569 g/mol. The summed E-state index contributed by atoms with van der Waals surface area (Å²) in [4.78, 5) is 1.48. The second-order valence-electron chi connectivity index (χ2n) is 12.4. The number of para-hydroxylation sites is 2. The summed E-state index contributed by atoms with van der Waals surface area (Å²) in [5.74, 6) is 0. The molecule has 0 saturated heterocycles. The Morgan fingerprint density at radius 1 is 0.721 bits per heavy atom. The molecule has 7 aromatic rings. The van der Waals surface area contributed by atoms with Crippen LogP contribution >= 0.6 is 11.3 Å². The minimum atomic E-state index is -0.0255. The first-order valence-corrected chi connectivity index (χ1v) is 15.8. The molecule has 0 atom stereocenters. The van der Waals surface area contributed by atoms with Gasteiger partial charge in [0.25, 0.3) is 0 Å². The fraction of sp³-hybridized carbons (Fsp3) is 0.125. The van der Waals surface area contributed by atoms with Gasteiger partial charge in [0.1, 0.15) is 0 Å². The van der Waals surface area contributed by atoms with Crippen molar-refractivity contribution in [2.75, 3.05) is 0 Å². The molecule has 0 fully saturated rings. The number of aromatic nitrogens is 1. The third kappa shape index (κ3) is 3.33. The van der Waals surface area contributed by atoms with Gasteiger partial charge in [0.05, 0.1) is 28.4 Å². The summed E-state index contributed by atoms with van der Waals surface area (Å²) < 4.78 is 3.79. The van der Waals surface area contributed by atoms with Crippen molar-refractivity contribution in [2.24, 2.45) is 0 Å². The molecule has 2 aliphatic carbocycles. The van der Waals surface area contributed by atoms with Gasteiger partial charge in [-0.05, 0) is 76.6 Å². The Balaban J connectivity index is 1.27. The summed E-state index contributed by atoms with van der Waals surface area (Å²) in [5.41, 5.74) is 13.6. The number of fused-ring (bicyclic) bond motifs is 10. The van der Waals surface area contributed by atoms with Crippen LogP contribution < -0.4 is 0 Å². The molecule has 2 aromatic heterocycles. The number of thiophene rings is 1. The van der Waals surface area contributed by atoms with Gasteiger partial charge < -0.3 is 4.57 Å². The molecule has 2 heterocycles. The lowest BCUT2D eigenvalue weighted by Gasteiger charge is -2.22. The molecule has 0 N–H and O–H groups in total. The van der Waals surface area contributed by atoms with E-state index in [-0.39, 0.29) is 5.41 Å². The third-order valence-corrected chi connectivity index (χ3v) is 11.0. The second kappa shape index (κ2) is 8.80. The van der Waals surface area contributed by atoms with E-state index in [9.17, 15) is 5.26 Å². The van der Waals surface area contributed by atoms with Crippen LogP contribution in [0.25, 0.3) is 60.4 Å². The van der Waals surface area contributed by atoms with Gasteiger partial charge in [-0.1, -0.05) is 92.7 Å². The van der Waals surface area contributed by atoms with Crippen molar-refractivity contribution in [1.82, 2.24) is 4.57 Å². The lowest BCUT2D eigenvalue weighted by molar-refractivity contribution is 0.667. The number of hydrogen-bond acceptors (Lipinski definition) is 2. The third-order valence-electron chi connectivity index (χ3n) is 9.72. The quantitative estimate of drug-likeness (QED) is 0.204. The summed E-state index contributed by atoms with van der Waals surface area (Å²) in [5, 5.41) is 13.7. The Hall–Kier alpha value is -4.91. The van der Waals surface area contributed by atoms with Crippen LogP contribution in [0.5, 0.6) is 0 Å². The monoisotopic (exact) mass is 568 g/mol. The molecule has 2 nitrogen and oxygen atoms in total. The smallest absolute Gasteiger partial charge is 0.0992 e. The number of hydrogen-bond donors (Lipinski definition) is 0. The van der Waals surface area contributed by atoms with Crippen LogP contribution in [-0.2, 0) is 11.8 Å². The number of rotatable bonds is 2. The standard InChI is InChI=1S/C40H28N2S/c1-40(2)33-12-6-3-9-27(33)30-18-19-31-32-22-25(16-20-37(32)43-39(31)38(30)40)26-17-15-24(23-41)21-36(26)42-34-13-7-4-10-28(34)29-11-5-8-14-35(29)42/h3-15,17-19,21-22H,16,20H2,1-2H3. The SMILES string of the molecule is CC1(C)c2ccccc2-c2ccc3c4c(sc3c21)CCC(c1ccc(C#N)cc1-n1c2ccccc2c2ccccc21)=C4. The molecule has 0 amide bonds. The number of allylic oxidation sites excluding steroid dienone is 1. The summed E-state index contributed by atoms with van der Waals surface area (Å²) in [7, 11) is 0. The van der Waals surface area contributed by atoms with Crippen LogP contribution in [0.4, 0.5) is 0 Å². The second-order valence-corrected chi connectivity index (χ2v) is 13.5. The van der Waals surface area contributed by atoms with Crippen LogP contribution in [0.1, 0.15) is 53.0 Å². The zero-order valence-corrected chi connectivity index (χ0v) is 24.9. The Morgan fingerprint density at radius 3 is 2.19 bits per heavy atom. The first-order chi connectivity index (χ1) is 21.0. The average Bonchev–Trinajstić information content (AvgIpc) is 3.66. The predicted octanol–water partition coefficient (Wildman–Crippen LogP) is 10.7. The number of nitriles is 1. The molecule has 204 valence electrons. The zero-order valence-electron chi connectivity index (χ0n) is 24.1. The van der Waals surface area contributed by atoms with Crippen molar-refractivity contribution in [2.45, 2.75) is 32.1 Å². The number of aryl methyl sites for hydroxylation is 1. The van der Waals surface area contributed by atoms with Crippen molar-refractivity contribution >= 4 is 54.9 Å². The van der Waals surface area contributed by atoms with Crippen LogP contribution in [-0.4, -0.2) is 4.57 Å². The lowest BCUT2D eigenvalue weighted by atomic mass is 9.81. The van der Waals surface area contributed by atoms with E-state index in [0.29, 0.717) is 5.56 Å². The van der Waals surface area contributed by atoms with Crippen molar-refractivity contribution < 1.29 is 0 Å². The number of benzene rings is 5. The summed E-state index contributed by atoms with van der Waals surface area (Å²) in [6.07, 6.45) is 4.44. The highest BCUT2D eigenvalue weighted by Gasteiger charge is 2.38. The van der Waals surface area contributed by atoms with Crippen molar-refractivity contribution in [1.29, 1.82) is 5.26 Å². The summed E-state index contributed by atoms with van der Waals surface area (Å²) >= 11 is 1.99. The van der Waals surface area contributed by atoms with E-state index < -0.39 is 0 Å². The van der Waals surface area contributed by atoms with Gasteiger partial charge in [0, 0.05) is 36.7 Å². The van der Waals surface area contributed by atoms with E-state index in [1.165, 1.54) is 64.7 Å². The van der Waals surface area contributed by atoms with E-state index in [2.05, 4.69) is 128 Å². The van der Waals surface area contributed by atoms with Gasteiger partial charge in [-0.3, -0.25) is 0 Å². The van der Waals surface area contributed by atoms with Gasteiger partial charge in [-0.2, -0.15) is 5.26 Å². The van der Waals surface area contributed by atoms with Crippen LogP contribution in [0.15, 0.2) is 103 Å². The lowest BCUT2D eigenvalue weighted by Crippen LogP contribution is -2.14. The fourth-order valence-electron chi connectivity index (χ4n) is 7.76. The molecule has 2 aliphatic rings. The van der Waals surface area contributed by atoms with Gasteiger partial charge in [-0.25, -0.2) is 0 Å². The minimum absolute atomic E-state index is 0.0255. The van der Waals surface area contributed by atoms with Crippen molar-refractivity contribution in [3.05, 3.63) is 136 Å². The maximum absolute atomic E-state index is 9.92. The highest BCUT2D eigenvalue weighted by molar-refractivity contribution is 7.19. The highest BCUT2D eigenvalue weighted by Crippen LogP contribution is 2.54. The Labute approximate surface area is 254 Å². The van der Waals surface area contributed by atoms with Crippen molar-refractivity contribution in [3.63, 3.8) is 0 Å². The molecule has 0 bridgehead atoms. The molecule has 0 aliphatic heterocycles. The Morgan fingerprint density at radius 2 is 1.42 bits per heavy atom. The van der Waals surface area contributed by atoms with Gasteiger partial charge >= 0.3 is 0 Å². The van der Waals surface area contributed by atoms with E-state index in [1.807, 2.05) is 17.4 Å².